The molecule has 1 aliphatic rings. The molecule has 1 aromatic heterocycles. The maximum atomic E-state index is 12.1. The van der Waals surface area contributed by atoms with Gasteiger partial charge in [0.2, 0.25) is 0 Å². The summed E-state index contributed by atoms with van der Waals surface area (Å²) in [6.45, 7) is 2.29. The molecule has 17 heavy (non-hydrogen) atoms. The van der Waals surface area contributed by atoms with Crippen LogP contribution in [0.5, 0.6) is 0 Å². The van der Waals surface area contributed by atoms with E-state index >= 15 is 0 Å². The number of hydrogen-bond acceptors (Lipinski definition) is 2. The highest BCUT2D eigenvalue weighted by molar-refractivity contribution is 5.81. The van der Waals surface area contributed by atoms with Gasteiger partial charge in [0.1, 0.15) is 11.6 Å². The summed E-state index contributed by atoms with van der Waals surface area (Å²) in [4.78, 5) is 16.3. The van der Waals surface area contributed by atoms with Gasteiger partial charge in [-0.2, -0.15) is 0 Å². The lowest BCUT2D eigenvalue weighted by atomic mass is 9.80. The van der Waals surface area contributed by atoms with Crippen molar-refractivity contribution in [2.24, 2.45) is 18.9 Å². The van der Waals surface area contributed by atoms with Crippen molar-refractivity contribution in [3.05, 3.63) is 18.2 Å². The zero-order valence-electron chi connectivity index (χ0n) is 10.9. The second kappa shape index (κ2) is 5.48. The molecule has 0 aromatic carbocycles. The monoisotopic (exact) mass is 234 g/mol. The van der Waals surface area contributed by atoms with Crippen LogP contribution in [0.25, 0.3) is 0 Å². The Labute approximate surface area is 103 Å². The summed E-state index contributed by atoms with van der Waals surface area (Å²) in [5.74, 6) is 2.60. The fraction of sp³-hybridized carbons (Fsp3) is 0.714. The first-order valence-corrected chi connectivity index (χ1v) is 6.65. The first kappa shape index (κ1) is 12.3. The number of ketones is 1. The van der Waals surface area contributed by atoms with Crippen LogP contribution >= 0.6 is 0 Å². The Balaban J connectivity index is 1.80. The quantitative estimate of drug-likeness (QED) is 0.803. The molecule has 0 radical (unpaired) electrons. The molecule has 1 saturated carbocycles. The average molecular weight is 234 g/mol. The van der Waals surface area contributed by atoms with E-state index < -0.39 is 0 Å². The van der Waals surface area contributed by atoms with Gasteiger partial charge in [-0.05, 0) is 18.8 Å². The summed E-state index contributed by atoms with van der Waals surface area (Å²) in [5, 5.41) is 0. The van der Waals surface area contributed by atoms with E-state index in [1.165, 1.54) is 12.8 Å². The number of carbonyl (C=O) groups excluding carboxylic acids is 1. The summed E-state index contributed by atoms with van der Waals surface area (Å²) in [6.07, 6.45) is 9.81. The van der Waals surface area contributed by atoms with Crippen LogP contribution in [-0.2, 0) is 18.3 Å². The number of carbonyl (C=O) groups is 1. The molecule has 0 saturated heterocycles. The molecule has 3 heteroatoms. The molecule has 1 heterocycles. The highest BCUT2D eigenvalue weighted by Gasteiger charge is 2.23. The Kier molecular flexibility index (Phi) is 3.97. The molecule has 94 valence electrons. The van der Waals surface area contributed by atoms with Crippen molar-refractivity contribution in [2.45, 2.75) is 45.4 Å². The Morgan fingerprint density at radius 3 is 2.71 bits per heavy atom. The third-order valence-corrected chi connectivity index (χ3v) is 3.99. The van der Waals surface area contributed by atoms with Gasteiger partial charge in [-0.3, -0.25) is 4.79 Å². The van der Waals surface area contributed by atoms with Crippen molar-refractivity contribution in [3.63, 3.8) is 0 Å². The number of aryl methyl sites for hydroxylation is 2. The number of imidazole rings is 1. The maximum absolute atomic E-state index is 12.1. The molecule has 1 aromatic rings. The zero-order valence-corrected chi connectivity index (χ0v) is 10.9. The summed E-state index contributed by atoms with van der Waals surface area (Å²) < 4.78 is 2.00. The van der Waals surface area contributed by atoms with E-state index in [1.807, 2.05) is 17.8 Å². The highest BCUT2D eigenvalue weighted by Crippen LogP contribution is 2.29. The zero-order chi connectivity index (χ0) is 12.3. The van der Waals surface area contributed by atoms with E-state index in [0.29, 0.717) is 18.1 Å². The number of nitrogens with zero attached hydrogens (tertiary/aromatic N) is 2. The second-order valence-electron chi connectivity index (χ2n) is 5.38. The normalized spacial score (nSPS) is 24.8. The lowest BCUT2D eigenvalue weighted by Crippen LogP contribution is -2.21. The van der Waals surface area contributed by atoms with Gasteiger partial charge in [0.15, 0.2) is 0 Å². The lowest BCUT2D eigenvalue weighted by molar-refractivity contribution is -0.124. The number of rotatable bonds is 4. The van der Waals surface area contributed by atoms with Crippen LogP contribution in [0.4, 0.5) is 0 Å². The molecule has 1 fully saturated rings. The Morgan fingerprint density at radius 1 is 1.41 bits per heavy atom. The predicted octanol–water partition coefficient (Wildman–Crippen LogP) is 2.75. The third-order valence-electron chi connectivity index (χ3n) is 3.99. The van der Waals surface area contributed by atoms with E-state index in [4.69, 9.17) is 0 Å². The summed E-state index contributed by atoms with van der Waals surface area (Å²) in [5.41, 5.74) is 0. The standard InChI is InChI=1S/C14H22N2O/c1-11-3-5-12(6-4-11)13(17)7-8-14-15-9-10-16(14)2/h9-12H,3-8H2,1-2H3. The first-order chi connectivity index (χ1) is 8.16. The fourth-order valence-electron chi connectivity index (χ4n) is 2.66. The van der Waals surface area contributed by atoms with Crippen LogP contribution in [0.15, 0.2) is 12.4 Å². The van der Waals surface area contributed by atoms with Crippen LogP contribution in [-0.4, -0.2) is 15.3 Å². The minimum absolute atomic E-state index is 0.325. The molecule has 0 N–H and O–H groups in total. The van der Waals surface area contributed by atoms with Crippen LogP contribution < -0.4 is 0 Å². The van der Waals surface area contributed by atoms with Crippen LogP contribution in [0.3, 0.4) is 0 Å². The summed E-state index contributed by atoms with van der Waals surface area (Å²) in [6, 6.07) is 0. The van der Waals surface area contributed by atoms with Gasteiger partial charge >= 0.3 is 0 Å². The van der Waals surface area contributed by atoms with Gasteiger partial charge in [-0.1, -0.05) is 19.8 Å². The molecule has 2 rings (SSSR count). The molecule has 0 spiro atoms. The molecule has 1 aliphatic carbocycles. The Bertz CT molecular complexity index is 375. The van der Waals surface area contributed by atoms with E-state index in [1.54, 1.807) is 6.20 Å². The largest absolute Gasteiger partial charge is 0.338 e. The smallest absolute Gasteiger partial charge is 0.136 e. The lowest BCUT2D eigenvalue weighted by Gasteiger charge is -2.24. The van der Waals surface area contributed by atoms with E-state index in [9.17, 15) is 4.79 Å². The van der Waals surface area contributed by atoms with E-state index in [2.05, 4.69) is 11.9 Å². The maximum Gasteiger partial charge on any atom is 0.136 e. The third kappa shape index (κ3) is 3.18. The number of Topliss-reactive ketones (excluding diaryl/α,β-unsaturated/α-hetero) is 1. The van der Waals surface area contributed by atoms with Crippen molar-refractivity contribution in [1.29, 1.82) is 0 Å². The molecular weight excluding hydrogens is 212 g/mol. The molecule has 0 aliphatic heterocycles. The van der Waals surface area contributed by atoms with E-state index in [-0.39, 0.29) is 0 Å². The van der Waals surface area contributed by atoms with Gasteiger partial charge in [0.25, 0.3) is 0 Å². The van der Waals surface area contributed by atoms with Crippen LogP contribution in [0.2, 0.25) is 0 Å². The molecule has 0 amide bonds. The molecule has 0 unspecified atom stereocenters. The molecule has 3 nitrogen and oxygen atoms in total. The fourth-order valence-corrected chi connectivity index (χ4v) is 2.66. The molecular formula is C14H22N2O. The summed E-state index contributed by atoms with van der Waals surface area (Å²) in [7, 11) is 1.98. The molecule has 0 atom stereocenters. The van der Waals surface area contributed by atoms with Gasteiger partial charge in [-0.25, -0.2) is 4.98 Å². The van der Waals surface area contributed by atoms with Crippen molar-refractivity contribution in [1.82, 2.24) is 9.55 Å². The average Bonchev–Trinajstić information content (AvgIpc) is 2.73. The van der Waals surface area contributed by atoms with Crippen molar-refractivity contribution >= 4 is 5.78 Å². The van der Waals surface area contributed by atoms with Gasteiger partial charge < -0.3 is 4.57 Å². The minimum atomic E-state index is 0.325. The van der Waals surface area contributed by atoms with E-state index in [0.717, 1.165) is 31.0 Å². The van der Waals surface area contributed by atoms with Gasteiger partial charge in [-0.15, -0.1) is 0 Å². The van der Waals surface area contributed by atoms with Crippen LogP contribution in [0, 0.1) is 11.8 Å². The number of aromatic nitrogens is 2. The topological polar surface area (TPSA) is 34.9 Å². The van der Waals surface area contributed by atoms with Gasteiger partial charge in [0, 0.05) is 38.2 Å². The Hall–Kier alpha value is -1.12. The van der Waals surface area contributed by atoms with Crippen molar-refractivity contribution in [3.8, 4) is 0 Å². The minimum Gasteiger partial charge on any atom is -0.338 e. The number of hydrogen-bond donors (Lipinski definition) is 0. The first-order valence-electron chi connectivity index (χ1n) is 6.65. The second-order valence-corrected chi connectivity index (χ2v) is 5.38. The van der Waals surface area contributed by atoms with Crippen LogP contribution in [0.1, 0.15) is 44.9 Å². The SMILES string of the molecule is CC1CCC(C(=O)CCc2nccn2C)CC1. The van der Waals surface area contributed by atoms with Crippen molar-refractivity contribution in [2.75, 3.05) is 0 Å². The highest BCUT2D eigenvalue weighted by atomic mass is 16.1. The Morgan fingerprint density at radius 2 is 2.12 bits per heavy atom. The predicted molar refractivity (Wildman–Crippen MR) is 67.7 cm³/mol. The summed E-state index contributed by atoms with van der Waals surface area (Å²) >= 11 is 0. The van der Waals surface area contributed by atoms with Crippen molar-refractivity contribution < 1.29 is 4.79 Å². The van der Waals surface area contributed by atoms with Gasteiger partial charge in [0.05, 0.1) is 0 Å². The molecule has 0 bridgehead atoms.